The Kier molecular flexibility index (Phi) is 6.29. The highest BCUT2D eigenvalue weighted by molar-refractivity contribution is 5.98. The molecule has 0 bridgehead atoms. The molecule has 1 saturated heterocycles. The third kappa shape index (κ3) is 4.33. The van der Waals surface area contributed by atoms with Crippen LogP contribution in [0.1, 0.15) is 40.9 Å². The molecule has 198 valence electrons. The summed E-state index contributed by atoms with van der Waals surface area (Å²) in [6.07, 6.45) is 1.34. The number of hydrogen-bond acceptors (Lipinski definition) is 4. The molecule has 5 rings (SSSR count). The topological polar surface area (TPSA) is 108 Å². The number of carbonyl (C=O) groups is 3. The number of hydrogen-bond donors (Lipinski definition) is 2. The molecule has 3 heterocycles. The smallest absolute Gasteiger partial charge is 0.336 e. The Morgan fingerprint density at radius 3 is 2.47 bits per heavy atom. The average molecular weight is 531 g/mol. The van der Waals surface area contributed by atoms with Gasteiger partial charge in [0.1, 0.15) is 5.82 Å². The van der Waals surface area contributed by atoms with Gasteiger partial charge in [0.05, 0.1) is 42.3 Å². The molecule has 2 N–H and O–H groups in total. The van der Waals surface area contributed by atoms with E-state index in [1.165, 1.54) is 28.1 Å². The molecule has 9 nitrogen and oxygen atoms in total. The number of rotatable bonds is 4. The molecule has 1 fully saturated rings. The first kappa shape index (κ1) is 25.2. The second-order valence-electron chi connectivity index (χ2n) is 9.23. The molecule has 38 heavy (non-hydrogen) atoms. The summed E-state index contributed by atoms with van der Waals surface area (Å²) >= 11 is 0. The minimum atomic E-state index is -1.65. The van der Waals surface area contributed by atoms with Gasteiger partial charge in [-0.05, 0) is 19.1 Å². The number of aromatic nitrogens is 2. The lowest BCUT2D eigenvalue weighted by atomic mass is 9.93. The van der Waals surface area contributed by atoms with Gasteiger partial charge in [0, 0.05) is 42.3 Å². The molecule has 3 aromatic rings. The monoisotopic (exact) mass is 531 g/mol. The Morgan fingerprint density at radius 2 is 1.79 bits per heavy atom. The van der Waals surface area contributed by atoms with Crippen molar-refractivity contribution in [1.82, 2.24) is 14.7 Å². The van der Waals surface area contributed by atoms with Crippen LogP contribution in [0.5, 0.6) is 0 Å². The lowest BCUT2D eigenvalue weighted by Crippen LogP contribution is -2.47. The number of halogens is 4. The van der Waals surface area contributed by atoms with Crippen LogP contribution >= 0.6 is 0 Å². The Balaban J connectivity index is 1.39. The van der Waals surface area contributed by atoms with Crippen molar-refractivity contribution in [2.45, 2.75) is 38.4 Å². The van der Waals surface area contributed by atoms with E-state index in [2.05, 4.69) is 10.4 Å². The molecule has 2 aliphatic rings. The average Bonchev–Trinajstić information content (AvgIpc) is 3.43. The minimum Gasteiger partial charge on any atom is -0.478 e. The molecule has 0 radical (unpaired) electrons. The summed E-state index contributed by atoms with van der Waals surface area (Å²) in [7, 11) is 0. The Bertz CT molecular complexity index is 1450. The predicted octanol–water partition coefficient (Wildman–Crippen LogP) is 4.09. The van der Waals surface area contributed by atoms with Crippen LogP contribution in [0.4, 0.5) is 33.7 Å². The number of carbonyl (C=O) groups excluding carboxylic acids is 2. The molecule has 2 aromatic carbocycles. The van der Waals surface area contributed by atoms with Crippen LogP contribution in [0.25, 0.3) is 0 Å². The van der Waals surface area contributed by atoms with Crippen LogP contribution in [-0.4, -0.2) is 50.3 Å². The molecular formula is C25H21F4N5O4. The Morgan fingerprint density at radius 1 is 1.08 bits per heavy atom. The van der Waals surface area contributed by atoms with Crippen molar-refractivity contribution in [3.8, 4) is 0 Å². The fourth-order valence-corrected chi connectivity index (χ4v) is 4.98. The van der Waals surface area contributed by atoms with E-state index in [0.29, 0.717) is 23.5 Å². The number of carboxylic acids is 1. The number of aromatic carboxylic acids is 1. The van der Waals surface area contributed by atoms with Gasteiger partial charge in [-0.1, -0.05) is 6.07 Å². The predicted molar refractivity (Wildman–Crippen MR) is 126 cm³/mol. The van der Waals surface area contributed by atoms with E-state index in [-0.39, 0.29) is 48.8 Å². The fraction of sp³-hybridized carbons (Fsp3) is 0.280. The zero-order valence-corrected chi connectivity index (χ0v) is 19.9. The number of amides is 3. The van der Waals surface area contributed by atoms with Gasteiger partial charge in [-0.25, -0.2) is 27.2 Å². The van der Waals surface area contributed by atoms with Gasteiger partial charge in [-0.15, -0.1) is 0 Å². The normalized spacial score (nSPS) is 19.0. The van der Waals surface area contributed by atoms with Crippen molar-refractivity contribution < 1.29 is 37.1 Å². The molecular weight excluding hydrogens is 510 g/mol. The SMILES string of the molecule is C[C@H]1Cn2ncc(N3CC(c4c(F)cccc4C(=O)O)CC3=O)c2CN1C(=O)Nc1cc(F)c(F)c(F)c1. The van der Waals surface area contributed by atoms with Gasteiger partial charge in [-0.3, -0.25) is 9.48 Å². The fourth-order valence-electron chi connectivity index (χ4n) is 4.98. The second kappa shape index (κ2) is 9.47. The molecule has 13 heteroatoms. The van der Waals surface area contributed by atoms with E-state index in [1.54, 1.807) is 11.6 Å². The lowest BCUT2D eigenvalue weighted by Gasteiger charge is -2.35. The van der Waals surface area contributed by atoms with Crippen molar-refractivity contribution in [3.05, 3.63) is 76.6 Å². The van der Waals surface area contributed by atoms with Crippen molar-refractivity contribution in [2.75, 3.05) is 16.8 Å². The highest BCUT2D eigenvalue weighted by Crippen LogP contribution is 2.37. The summed E-state index contributed by atoms with van der Waals surface area (Å²) in [5.41, 5.74) is 0.344. The van der Waals surface area contributed by atoms with E-state index in [4.69, 9.17) is 0 Å². The third-order valence-corrected chi connectivity index (χ3v) is 6.82. The number of anilines is 2. The van der Waals surface area contributed by atoms with Crippen LogP contribution in [0.3, 0.4) is 0 Å². The van der Waals surface area contributed by atoms with E-state index < -0.39 is 47.2 Å². The van der Waals surface area contributed by atoms with Crippen molar-refractivity contribution in [3.63, 3.8) is 0 Å². The van der Waals surface area contributed by atoms with Gasteiger partial charge in [0.25, 0.3) is 0 Å². The lowest BCUT2D eigenvalue weighted by molar-refractivity contribution is -0.117. The van der Waals surface area contributed by atoms with Crippen LogP contribution in [-0.2, 0) is 17.9 Å². The minimum absolute atomic E-state index is 0.00855. The van der Waals surface area contributed by atoms with Crippen LogP contribution < -0.4 is 10.2 Å². The standard InChI is InChI=1S/C25H21F4N5O4/c1-12-9-34-20(11-32(12)25(38)31-14-6-17(27)23(29)18(28)7-14)19(8-30-34)33-10-13(5-21(33)35)22-15(24(36)37)3-2-4-16(22)26/h2-4,6-8,12-13H,5,9-11H2,1H3,(H,31,38)(H,36,37)/t12-,13?/m0/s1. The highest BCUT2D eigenvalue weighted by atomic mass is 19.2. The number of nitrogens with one attached hydrogen (secondary N) is 1. The van der Waals surface area contributed by atoms with Crippen molar-refractivity contribution >= 4 is 29.3 Å². The molecule has 1 unspecified atom stereocenters. The van der Waals surface area contributed by atoms with Crippen LogP contribution in [0.15, 0.2) is 36.5 Å². The van der Waals surface area contributed by atoms with Gasteiger partial charge >= 0.3 is 12.0 Å². The molecule has 1 aromatic heterocycles. The van der Waals surface area contributed by atoms with Gasteiger partial charge in [0.2, 0.25) is 5.91 Å². The molecule has 0 aliphatic carbocycles. The number of urea groups is 1. The first-order valence-corrected chi connectivity index (χ1v) is 11.6. The summed E-state index contributed by atoms with van der Waals surface area (Å²) in [5, 5.41) is 16.2. The summed E-state index contributed by atoms with van der Waals surface area (Å²) in [4.78, 5) is 40.3. The first-order chi connectivity index (χ1) is 18.0. The molecule has 2 aliphatic heterocycles. The molecule has 3 amide bonds. The summed E-state index contributed by atoms with van der Waals surface area (Å²) in [5.74, 6) is -7.64. The quantitative estimate of drug-likeness (QED) is 0.390. The zero-order valence-electron chi connectivity index (χ0n) is 19.9. The third-order valence-electron chi connectivity index (χ3n) is 6.82. The molecule has 2 atom stereocenters. The van der Waals surface area contributed by atoms with E-state index in [0.717, 1.165) is 6.07 Å². The van der Waals surface area contributed by atoms with Gasteiger partial charge in [0.15, 0.2) is 17.5 Å². The number of carboxylic acid groups (broad SMARTS) is 1. The van der Waals surface area contributed by atoms with Gasteiger partial charge in [-0.2, -0.15) is 5.10 Å². The number of fused-ring (bicyclic) bond motifs is 1. The highest BCUT2D eigenvalue weighted by Gasteiger charge is 2.39. The first-order valence-electron chi connectivity index (χ1n) is 11.6. The van der Waals surface area contributed by atoms with Crippen LogP contribution in [0, 0.1) is 23.3 Å². The Labute approximate surface area is 213 Å². The molecule has 0 saturated carbocycles. The summed E-state index contributed by atoms with van der Waals surface area (Å²) < 4.78 is 56.7. The maximum absolute atomic E-state index is 14.6. The zero-order chi connectivity index (χ0) is 27.3. The number of nitrogens with zero attached hydrogens (tertiary/aromatic N) is 4. The summed E-state index contributed by atoms with van der Waals surface area (Å²) in [6.45, 7) is 1.97. The van der Waals surface area contributed by atoms with Crippen molar-refractivity contribution in [2.24, 2.45) is 0 Å². The molecule has 0 spiro atoms. The maximum Gasteiger partial charge on any atom is 0.336 e. The largest absolute Gasteiger partial charge is 0.478 e. The Hall–Kier alpha value is -4.42. The van der Waals surface area contributed by atoms with E-state index in [1.807, 2.05) is 0 Å². The maximum atomic E-state index is 14.6. The summed E-state index contributed by atoms with van der Waals surface area (Å²) in [6, 6.07) is 3.95. The van der Waals surface area contributed by atoms with E-state index in [9.17, 15) is 37.1 Å². The van der Waals surface area contributed by atoms with E-state index >= 15 is 0 Å². The number of benzene rings is 2. The van der Waals surface area contributed by atoms with Crippen LogP contribution in [0.2, 0.25) is 0 Å². The van der Waals surface area contributed by atoms with Gasteiger partial charge < -0.3 is 20.2 Å². The second-order valence-corrected chi connectivity index (χ2v) is 9.23. The van der Waals surface area contributed by atoms with Crippen molar-refractivity contribution in [1.29, 1.82) is 0 Å².